The highest BCUT2D eigenvalue weighted by molar-refractivity contribution is 7.18. The lowest BCUT2D eigenvalue weighted by atomic mass is 10.1. The Balaban J connectivity index is 0.000000236. The smallest absolute Gasteiger partial charge is 0.131 e. The fraction of sp³-hybridized carbons (Fsp3) is 0.316. The van der Waals surface area contributed by atoms with Gasteiger partial charge in [0.15, 0.2) is 0 Å². The van der Waals surface area contributed by atoms with Gasteiger partial charge < -0.3 is 15.8 Å². The molecule has 1 fully saturated rings. The molecule has 26 heavy (non-hydrogen) atoms. The van der Waals surface area contributed by atoms with Gasteiger partial charge in [0, 0.05) is 30.6 Å². The molecule has 0 amide bonds. The minimum absolute atomic E-state index is 0.314. The predicted octanol–water partition coefficient (Wildman–Crippen LogP) is 5.34. The van der Waals surface area contributed by atoms with E-state index in [-0.39, 0.29) is 0 Å². The second kappa shape index (κ2) is 9.53. The van der Waals surface area contributed by atoms with Gasteiger partial charge in [0.1, 0.15) is 10.7 Å². The summed E-state index contributed by atoms with van der Waals surface area (Å²) in [6.45, 7) is 2.42. The molecule has 0 saturated carbocycles. The first-order chi connectivity index (χ1) is 12.6. The molecule has 1 atom stereocenters. The zero-order chi connectivity index (χ0) is 18.4. The molecule has 2 aromatic heterocycles. The number of halogens is 2. The number of fused-ring (bicyclic) bond motifs is 1. The summed E-state index contributed by atoms with van der Waals surface area (Å²) in [6.07, 6.45) is 2.28. The van der Waals surface area contributed by atoms with Crippen molar-refractivity contribution < 1.29 is 4.74 Å². The first kappa shape index (κ1) is 19.4. The molecule has 1 unspecified atom stereocenters. The number of rotatable bonds is 3. The van der Waals surface area contributed by atoms with Crippen LogP contribution in [0.5, 0.6) is 0 Å². The number of thiophene rings is 1. The second-order valence-corrected chi connectivity index (χ2v) is 7.74. The molecule has 1 saturated heterocycles. The third-order valence-electron chi connectivity index (χ3n) is 3.97. The number of hydrogen-bond donors (Lipinski definition) is 2. The van der Waals surface area contributed by atoms with E-state index in [2.05, 4.69) is 22.4 Å². The van der Waals surface area contributed by atoms with E-state index in [4.69, 9.17) is 33.7 Å². The van der Waals surface area contributed by atoms with Crippen molar-refractivity contribution in [2.75, 3.05) is 18.5 Å². The van der Waals surface area contributed by atoms with Gasteiger partial charge in [-0.25, -0.2) is 4.98 Å². The monoisotopic (exact) mass is 409 g/mol. The Kier molecular flexibility index (Phi) is 7.11. The largest absolute Gasteiger partial charge is 0.380 e. The Labute approximate surface area is 167 Å². The highest BCUT2D eigenvalue weighted by Crippen LogP contribution is 2.35. The molecular formula is C19H21Cl2N3OS. The summed E-state index contributed by atoms with van der Waals surface area (Å²) >= 11 is 13.7. The van der Waals surface area contributed by atoms with Crippen LogP contribution < -0.4 is 11.1 Å². The van der Waals surface area contributed by atoms with Crippen LogP contribution in [0.3, 0.4) is 0 Å². The predicted molar refractivity (Wildman–Crippen MR) is 111 cm³/mol. The molecule has 0 aliphatic carbocycles. The van der Waals surface area contributed by atoms with Gasteiger partial charge in [-0.05, 0) is 18.4 Å². The normalized spacial score (nSPS) is 16.8. The van der Waals surface area contributed by atoms with Gasteiger partial charge >= 0.3 is 0 Å². The van der Waals surface area contributed by atoms with Gasteiger partial charge in [0.05, 0.1) is 22.0 Å². The van der Waals surface area contributed by atoms with E-state index in [1.54, 1.807) is 11.3 Å². The molecule has 0 bridgehead atoms. The highest BCUT2D eigenvalue weighted by Gasteiger charge is 2.10. The van der Waals surface area contributed by atoms with Crippen LogP contribution in [0.2, 0.25) is 10.2 Å². The number of nitrogens with zero attached hydrogens (tertiary/aromatic N) is 1. The van der Waals surface area contributed by atoms with Crippen molar-refractivity contribution in [3.8, 4) is 0 Å². The van der Waals surface area contributed by atoms with E-state index in [1.165, 1.54) is 5.56 Å². The summed E-state index contributed by atoms with van der Waals surface area (Å²) in [5, 5.41) is 6.35. The van der Waals surface area contributed by atoms with Crippen LogP contribution in [0.4, 0.5) is 5.69 Å². The Morgan fingerprint density at radius 2 is 2.08 bits per heavy atom. The Morgan fingerprint density at radius 1 is 1.27 bits per heavy atom. The van der Waals surface area contributed by atoms with Crippen LogP contribution in [0.15, 0.2) is 41.8 Å². The number of nitrogens with one attached hydrogen (secondary N) is 1. The number of pyridine rings is 1. The standard InChI is InChI=1S/C14H10Cl2N2S.C5H11NO/c15-10-8-19-14-11(6-12(16)18-13(10)14)17-7-9-4-2-1-3-5-9;6-5-2-1-3-7-4-5/h1-6,8H,7H2,(H,17,18);5H,1-4,6H2. The van der Waals surface area contributed by atoms with E-state index < -0.39 is 0 Å². The lowest BCUT2D eigenvalue weighted by molar-refractivity contribution is 0.0822. The topological polar surface area (TPSA) is 60.2 Å². The minimum Gasteiger partial charge on any atom is -0.380 e. The van der Waals surface area contributed by atoms with Gasteiger partial charge in [0.2, 0.25) is 0 Å². The van der Waals surface area contributed by atoms with Crippen LogP contribution >= 0.6 is 34.5 Å². The van der Waals surface area contributed by atoms with E-state index >= 15 is 0 Å². The number of ether oxygens (including phenoxy) is 1. The molecule has 3 heterocycles. The molecule has 3 N–H and O–H groups in total. The first-order valence-corrected chi connectivity index (χ1v) is 10.1. The van der Waals surface area contributed by atoms with Gasteiger partial charge in [-0.1, -0.05) is 53.5 Å². The van der Waals surface area contributed by atoms with Crippen molar-refractivity contribution in [3.63, 3.8) is 0 Å². The number of hydrogen-bond acceptors (Lipinski definition) is 5. The van der Waals surface area contributed by atoms with Gasteiger partial charge in [0.25, 0.3) is 0 Å². The molecule has 1 aliphatic heterocycles. The second-order valence-electron chi connectivity index (χ2n) is 6.07. The van der Waals surface area contributed by atoms with E-state index in [0.29, 0.717) is 16.2 Å². The van der Waals surface area contributed by atoms with Gasteiger partial charge in [-0.2, -0.15) is 0 Å². The van der Waals surface area contributed by atoms with Crippen molar-refractivity contribution in [1.82, 2.24) is 4.98 Å². The van der Waals surface area contributed by atoms with Crippen molar-refractivity contribution in [1.29, 1.82) is 0 Å². The van der Waals surface area contributed by atoms with Crippen molar-refractivity contribution in [2.24, 2.45) is 5.73 Å². The van der Waals surface area contributed by atoms with E-state index in [0.717, 1.165) is 48.5 Å². The lowest BCUT2D eigenvalue weighted by Gasteiger charge is -2.16. The molecule has 1 aromatic carbocycles. The molecular weight excluding hydrogens is 389 g/mol. The van der Waals surface area contributed by atoms with E-state index in [9.17, 15) is 0 Å². The SMILES string of the molecule is Clc1cc(NCc2ccccc2)c2scc(Cl)c2n1.NC1CCCOC1. The molecule has 0 spiro atoms. The zero-order valence-corrected chi connectivity index (χ0v) is 16.6. The summed E-state index contributed by atoms with van der Waals surface area (Å²) in [4.78, 5) is 4.25. The lowest BCUT2D eigenvalue weighted by Crippen LogP contribution is -2.30. The van der Waals surface area contributed by atoms with Crippen molar-refractivity contribution in [3.05, 3.63) is 57.5 Å². The third kappa shape index (κ3) is 5.32. The third-order valence-corrected chi connectivity index (χ3v) is 5.58. The van der Waals surface area contributed by atoms with Crippen molar-refractivity contribution in [2.45, 2.75) is 25.4 Å². The maximum atomic E-state index is 6.10. The first-order valence-electron chi connectivity index (χ1n) is 8.48. The fourth-order valence-corrected chi connectivity index (χ4v) is 4.02. The fourth-order valence-electron chi connectivity index (χ4n) is 2.64. The summed E-state index contributed by atoms with van der Waals surface area (Å²) in [5.74, 6) is 0. The molecule has 1 aliphatic rings. The minimum atomic E-state index is 0.314. The summed E-state index contributed by atoms with van der Waals surface area (Å²) < 4.78 is 6.09. The van der Waals surface area contributed by atoms with E-state index in [1.807, 2.05) is 29.6 Å². The maximum absolute atomic E-state index is 6.10. The summed E-state index contributed by atoms with van der Waals surface area (Å²) in [5.41, 5.74) is 8.45. The average Bonchev–Trinajstić information content (AvgIpc) is 3.03. The molecule has 4 nitrogen and oxygen atoms in total. The van der Waals surface area contributed by atoms with Crippen LogP contribution in [0.1, 0.15) is 18.4 Å². The Bertz CT molecular complexity index is 835. The Hall–Kier alpha value is -1.37. The number of nitrogens with two attached hydrogens (primary N) is 1. The number of benzene rings is 1. The molecule has 3 aromatic rings. The Morgan fingerprint density at radius 3 is 2.73 bits per heavy atom. The number of anilines is 1. The molecule has 0 radical (unpaired) electrons. The molecule has 7 heteroatoms. The highest BCUT2D eigenvalue weighted by atomic mass is 35.5. The summed E-state index contributed by atoms with van der Waals surface area (Å²) in [7, 11) is 0. The number of aromatic nitrogens is 1. The van der Waals surface area contributed by atoms with Crippen LogP contribution in [-0.4, -0.2) is 24.2 Å². The quantitative estimate of drug-likeness (QED) is 0.573. The van der Waals surface area contributed by atoms with Gasteiger partial charge in [-0.3, -0.25) is 0 Å². The maximum Gasteiger partial charge on any atom is 0.131 e. The van der Waals surface area contributed by atoms with Crippen molar-refractivity contribution >= 4 is 50.4 Å². The zero-order valence-electron chi connectivity index (χ0n) is 14.3. The molecule has 4 rings (SSSR count). The van der Waals surface area contributed by atoms with Crippen LogP contribution in [0.25, 0.3) is 10.2 Å². The van der Waals surface area contributed by atoms with Gasteiger partial charge in [-0.15, -0.1) is 11.3 Å². The summed E-state index contributed by atoms with van der Waals surface area (Å²) in [6, 6.07) is 12.4. The van der Waals surface area contributed by atoms with Crippen LogP contribution in [-0.2, 0) is 11.3 Å². The molecule has 138 valence electrons. The van der Waals surface area contributed by atoms with Crippen LogP contribution in [0, 0.1) is 0 Å². The average molecular weight is 410 g/mol.